The Kier molecular flexibility index (Phi) is 8.92. The third-order valence-electron chi connectivity index (χ3n) is 6.36. The Balaban J connectivity index is 0.00000111. The van der Waals surface area contributed by atoms with Crippen molar-refractivity contribution in [2.45, 2.75) is 44.0 Å². The van der Waals surface area contributed by atoms with Gasteiger partial charge in [0.25, 0.3) is 5.91 Å². The number of likely N-dealkylation sites (tertiary alicyclic amines) is 1. The van der Waals surface area contributed by atoms with Crippen LogP contribution < -0.4 is 11.1 Å². The van der Waals surface area contributed by atoms with E-state index in [9.17, 15) is 4.79 Å². The maximum Gasteiger partial charge on any atom is 0.269 e. The van der Waals surface area contributed by atoms with Crippen molar-refractivity contribution >= 4 is 24.8 Å². The summed E-state index contributed by atoms with van der Waals surface area (Å²) in [7, 11) is 0. The molecule has 31 heavy (non-hydrogen) atoms. The monoisotopic (exact) mass is 496 g/mol. The van der Waals surface area contributed by atoms with Gasteiger partial charge in [0.15, 0.2) is 0 Å². The van der Waals surface area contributed by atoms with Gasteiger partial charge in [0.1, 0.15) is 11.5 Å². The van der Waals surface area contributed by atoms with Crippen LogP contribution >= 0.6 is 0 Å². The SMILES string of the molecule is C=C.[CH2-]C1=CCC2(C=C1)N/C2=C(/N=CC(=N)N1CCCC(N2CCB2C)C1)C(N)=O.[Y]. The van der Waals surface area contributed by atoms with Crippen LogP contribution in [0.1, 0.15) is 19.3 Å². The molecule has 2 atom stereocenters. The molecule has 1 aliphatic carbocycles. The molecule has 0 aromatic rings. The molecule has 4 rings (SSSR count). The number of amides is 1. The molecule has 3 fully saturated rings. The molecule has 4 N–H and O–H groups in total. The summed E-state index contributed by atoms with van der Waals surface area (Å²) in [5.74, 6) is -0.238. The molecule has 3 aliphatic heterocycles. The van der Waals surface area contributed by atoms with Crippen molar-refractivity contribution in [3.63, 3.8) is 0 Å². The standard InChI is InChI=1S/C20H28BN6O.C2H4.Y/c1-14-5-7-20(8-6-14)18(25-20)17(19(23)28)24-12-16(22)26-10-3-4-15(13-26)27-11-9-21(27)2;1-2;/h5-7,12,15,22,25H,1,3-4,8-11,13H2,2H3,(H2,23,28);1-2H2;/q-1;;/b18-17+,22-16?,24-12?;;. The minimum atomic E-state index is -0.577. The molecule has 9 heteroatoms. The van der Waals surface area contributed by atoms with Gasteiger partial charge in [-0.25, -0.2) is 4.99 Å². The summed E-state index contributed by atoms with van der Waals surface area (Å²) in [4.78, 5) is 20.9. The van der Waals surface area contributed by atoms with Crippen molar-refractivity contribution in [3.8, 4) is 0 Å². The Morgan fingerprint density at radius 1 is 1.48 bits per heavy atom. The number of allylic oxidation sites excluding steroid dienone is 2. The largest absolute Gasteiger partial charge is 0.372 e. The second-order valence-corrected chi connectivity index (χ2v) is 8.26. The summed E-state index contributed by atoms with van der Waals surface area (Å²) in [6.45, 7) is 15.7. The first-order valence-electron chi connectivity index (χ1n) is 10.6. The van der Waals surface area contributed by atoms with E-state index >= 15 is 0 Å². The smallest absolute Gasteiger partial charge is 0.269 e. The molecule has 163 valence electrons. The number of carbonyl (C=O) groups excluding carboxylic acids is 1. The van der Waals surface area contributed by atoms with Gasteiger partial charge in [-0.1, -0.05) is 6.82 Å². The molecule has 1 amide bonds. The second-order valence-electron chi connectivity index (χ2n) is 8.26. The zero-order chi connectivity index (χ0) is 21.9. The number of nitrogens with one attached hydrogen (secondary N) is 2. The summed E-state index contributed by atoms with van der Waals surface area (Å²) in [5.41, 5.74) is 7.10. The molecule has 0 bridgehead atoms. The number of hydrogen-bond acceptors (Lipinski definition) is 5. The first kappa shape index (κ1) is 25.6. The Morgan fingerprint density at radius 2 is 2.23 bits per heavy atom. The predicted octanol–water partition coefficient (Wildman–Crippen LogP) is 1.99. The maximum atomic E-state index is 12.0. The van der Waals surface area contributed by atoms with Crippen LogP contribution in [-0.4, -0.2) is 65.7 Å². The van der Waals surface area contributed by atoms with Crippen LogP contribution in [0, 0.1) is 12.3 Å². The van der Waals surface area contributed by atoms with E-state index in [0.29, 0.717) is 18.7 Å². The van der Waals surface area contributed by atoms with Crippen molar-refractivity contribution < 1.29 is 37.5 Å². The van der Waals surface area contributed by atoms with Gasteiger partial charge < -0.3 is 20.8 Å². The van der Waals surface area contributed by atoms with E-state index in [1.165, 1.54) is 19.0 Å². The third kappa shape index (κ3) is 5.60. The van der Waals surface area contributed by atoms with Crippen molar-refractivity contribution in [2.75, 3.05) is 19.6 Å². The van der Waals surface area contributed by atoms with Gasteiger partial charge in [0, 0.05) is 51.8 Å². The maximum absolute atomic E-state index is 12.0. The van der Waals surface area contributed by atoms with Crippen LogP contribution in [-0.2, 0) is 37.5 Å². The topological polar surface area (TPSA) is 108 Å². The van der Waals surface area contributed by atoms with E-state index in [2.05, 4.69) is 46.9 Å². The average Bonchev–Trinajstić information content (AvgIpc) is 3.43. The number of carbonyl (C=O) groups is 1. The van der Waals surface area contributed by atoms with Crippen molar-refractivity contribution in [3.05, 3.63) is 55.3 Å². The molecule has 4 aliphatic rings. The van der Waals surface area contributed by atoms with E-state index in [4.69, 9.17) is 11.1 Å². The minimum absolute atomic E-state index is 0. The number of hydrogen-bond donors (Lipinski definition) is 3. The molecule has 1 radical (unpaired) electrons. The number of primary amides is 1. The Hall–Kier alpha value is -1.63. The molecule has 0 aromatic carbocycles. The zero-order valence-corrected chi connectivity index (χ0v) is 21.3. The van der Waals surface area contributed by atoms with Crippen molar-refractivity contribution in [1.29, 1.82) is 5.41 Å². The summed E-state index contributed by atoms with van der Waals surface area (Å²) >= 11 is 0. The molecule has 7 nitrogen and oxygen atoms in total. The fourth-order valence-electron chi connectivity index (χ4n) is 4.40. The molecule has 0 aromatic heterocycles. The van der Waals surface area contributed by atoms with Gasteiger partial charge in [-0.3, -0.25) is 10.2 Å². The quantitative estimate of drug-likeness (QED) is 0.105. The van der Waals surface area contributed by atoms with Gasteiger partial charge >= 0.3 is 0 Å². The third-order valence-corrected chi connectivity index (χ3v) is 6.36. The van der Waals surface area contributed by atoms with E-state index in [1.54, 1.807) is 0 Å². The fraction of sp³-hybridized carbons (Fsp3) is 0.455. The first-order chi connectivity index (χ1) is 14.4. The Labute approximate surface area is 211 Å². The fourth-order valence-corrected chi connectivity index (χ4v) is 4.40. The van der Waals surface area contributed by atoms with Crippen LogP contribution in [0.3, 0.4) is 0 Å². The average molecular weight is 496 g/mol. The number of piperidine rings is 1. The molecule has 2 unspecified atom stereocenters. The van der Waals surface area contributed by atoms with Gasteiger partial charge in [0.05, 0.1) is 17.5 Å². The van der Waals surface area contributed by atoms with Gasteiger partial charge in [-0.2, -0.15) is 24.6 Å². The minimum Gasteiger partial charge on any atom is -0.372 e. The number of nitrogens with two attached hydrogens (primary N) is 1. The van der Waals surface area contributed by atoms with Crippen molar-refractivity contribution in [2.24, 2.45) is 10.7 Å². The van der Waals surface area contributed by atoms with Crippen LogP contribution in [0.15, 0.2) is 53.3 Å². The van der Waals surface area contributed by atoms with Crippen LogP contribution in [0.5, 0.6) is 0 Å². The predicted molar refractivity (Wildman–Crippen MR) is 124 cm³/mol. The van der Waals surface area contributed by atoms with E-state index in [0.717, 1.165) is 43.7 Å². The second kappa shape index (κ2) is 10.8. The van der Waals surface area contributed by atoms with E-state index in [-0.39, 0.29) is 43.9 Å². The van der Waals surface area contributed by atoms with Crippen LogP contribution in [0.25, 0.3) is 0 Å². The molecule has 1 spiro atoms. The first-order valence-corrected chi connectivity index (χ1v) is 10.6. The molecular formula is C22H32BN6OY-. The van der Waals surface area contributed by atoms with E-state index in [1.807, 2.05) is 18.2 Å². The number of aliphatic imine (C=N–C) groups is 1. The zero-order valence-electron chi connectivity index (χ0n) is 18.4. The number of amidine groups is 1. The Bertz CT molecular complexity index is 838. The molecule has 0 saturated carbocycles. The van der Waals surface area contributed by atoms with Gasteiger partial charge in [0.2, 0.25) is 6.85 Å². The molecule has 3 heterocycles. The molecule has 3 saturated heterocycles. The molecular weight excluding hydrogens is 464 g/mol. The summed E-state index contributed by atoms with van der Waals surface area (Å²) in [6, 6.07) is 0.504. The van der Waals surface area contributed by atoms with Gasteiger partial charge in [-0.15, -0.1) is 19.2 Å². The number of rotatable bonds is 4. The van der Waals surface area contributed by atoms with E-state index < -0.39 is 5.91 Å². The van der Waals surface area contributed by atoms with Crippen molar-refractivity contribution in [1.82, 2.24) is 15.0 Å². The summed E-state index contributed by atoms with van der Waals surface area (Å²) in [6.07, 6.45) is 11.7. The Morgan fingerprint density at radius 3 is 2.77 bits per heavy atom. The van der Waals surface area contributed by atoms with Crippen LogP contribution in [0.2, 0.25) is 13.1 Å². The van der Waals surface area contributed by atoms with Crippen LogP contribution in [0.4, 0.5) is 0 Å². The summed E-state index contributed by atoms with van der Waals surface area (Å²) in [5, 5.41) is 11.7. The van der Waals surface area contributed by atoms with Gasteiger partial charge in [-0.05, 0) is 32.1 Å². The number of nitrogens with zero attached hydrogens (tertiary/aromatic N) is 3. The normalized spacial score (nSPS) is 28.5. The summed E-state index contributed by atoms with van der Waals surface area (Å²) < 4.78 is 0.